The van der Waals surface area contributed by atoms with Crippen LogP contribution in [-0.2, 0) is 0 Å². The van der Waals surface area contributed by atoms with Crippen LogP contribution in [0.4, 0.5) is 0 Å². The smallest absolute Gasteiger partial charge is 0.215 e. The fourth-order valence-corrected chi connectivity index (χ4v) is 3.13. The molecule has 1 fully saturated rings. The molecule has 0 amide bonds. The first-order valence-corrected chi connectivity index (χ1v) is 7.75. The molecule has 0 bridgehead atoms. The fraction of sp³-hybridized carbons (Fsp3) is 0.538. The summed E-state index contributed by atoms with van der Waals surface area (Å²) < 4.78 is 1.92. The van der Waals surface area contributed by atoms with Crippen LogP contribution >= 0.6 is 11.8 Å². The average molecular weight is 290 g/mol. The summed E-state index contributed by atoms with van der Waals surface area (Å²) in [6, 6.07) is 4.82. The number of nitrogens with one attached hydrogen (secondary N) is 1. The summed E-state index contributed by atoms with van der Waals surface area (Å²) in [6.45, 7) is 5.18. The van der Waals surface area contributed by atoms with Crippen LogP contribution in [0.3, 0.4) is 0 Å². The molecule has 2 heterocycles. The molecule has 1 saturated carbocycles. The normalized spacial score (nSPS) is 16.3. The van der Waals surface area contributed by atoms with Gasteiger partial charge in [-0.05, 0) is 54.6 Å². The average Bonchev–Trinajstić information content (AvgIpc) is 3.20. The minimum Gasteiger partial charge on any atom is -0.310 e. The second-order valence-corrected chi connectivity index (χ2v) is 5.87. The second-order valence-electron chi connectivity index (χ2n) is 4.92. The molecule has 0 radical (unpaired) electrons. The zero-order valence-corrected chi connectivity index (χ0v) is 12.5. The summed E-state index contributed by atoms with van der Waals surface area (Å²) in [5.41, 5.74) is 1.18. The quantitative estimate of drug-likeness (QED) is 0.880. The largest absolute Gasteiger partial charge is 0.310 e. The molecule has 0 aromatic carbocycles. The lowest BCUT2D eigenvalue weighted by Crippen LogP contribution is -2.18. The van der Waals surface area contributed by atoms with E-state index in [1.165, 1.54) is 18.4 Å². The molecule has 0 spiro atoms. The molecule has 2 aromatic rings. The van der Waals surface area contributed by atoms with Gasteiger partial charge in [0.15, 0.2) is 0 Å². The third-order valence-corrected chi connectivity index (χ3v) is 4.31. The van der Waals surface area contributed by atoms with Gasteiger partial charge in [0, 0.05) is 17.8 Å². The fourth-order valence-electron chi connectivity index (χ4n) is 2.12. The van der Waals surface area contributed by atoms with Crippen LogP contribution in [0.5, 0.6) is 0 Å². The van der Waals surface area contributed by atoms with Gasteiger partial charge in [0.05, 0.1) is 6.04 Å². The summed E-state index contributed by atoms with van der Waals surface area (Å²) in [7, 11) is 0. The van der Waals surface area contributed by atoms with E-state index in [1.807, 2.05) is 16.9 Å². The number of rotatable bonds is 6. The van der Waals surface area contributed by atoms with E-state index in [4.69, 9.17) is 0 Å². The van der Waals surface area contributed by atoms with E-state index < -0.39 is 0 Å². The molecular weight excluding hydrogens is 272 g/mol. The Kier molecular flexibility index (Phi) is 3.98. The first kappa shape index (κ1) is 13.5. The maximum Gasteiger partial charge on any atom is 0.215 e. The van der Waals surface area contributed by atoms with Gasteiger partial charge in [-0.3, -0.25) is 0 Å². The highest BCUT2D eigenvalue weighted by molar-refractivity contribution is 7.99. The van der Waals surface area contributed by atoms with Crippen LogP contribution in [0.2, 0.25) is 0 Å². The lowest BCUT2D eigenvalue weighted by molar-refractivity contribution is 0.563. The molecule has 2 aromatic heterocycles. The molecule has 0 saturated heterocycles. The predicted molar refractivity (Wildman–Crippen MR) is 76.5 cm³/mol. The van der Waals surface area contributed by atoms with E-state index in [0.717, 1.165) is 16.7 Å². The van der Waals surface area contributed by atoms with E-state index in [1.54, 1.807) is 11.8 Å². The molecule has 1 N–H and O–H groups in total. The van der Waals surface area contributed by atoms with Gasteiger partial charge < -0.3 is 5.32 Å². The van der Waals surface area contributed by atoms with Crippen molar-refractivity contribution in [2.24, 2.45) is 0 Å². The maximum atomic E-state index is 4.49. The van der Waals surface area contributed by atoms with Crippen molar-refractivity contribution in [1.82, 2.24) is 30.5 Å². The Morgan fingerprint density at radius 2 is 2.35 bits per heavy atom. The topological polar surface area (TPSA) is 68.5 Å². The summed E-state index contributed by atoms with van der Waals surface area (Å²) in [5.74, 6) is 0. The van der Waals surface area contributed by atoms with Gasteiger partial charge in [0.1, 0.15) is 5.03 Å². The van der Waals surface area contributed by atoms with Crippen LogP contribution in [0.25, 0.3) is 0 Å². The number of tetrazole rings is 1. The third-order valence-electron chi connectivity index (χ3n) is 3.32. The highest BCUT2D eigenvalue weighted by Gasteiger charge is 2.28. The van der Waals surface area contributed by atoms with Crippen LogP contribution in [0, 0.1) is 0 Å². The van der Waals surface area contributed by atoms with Crippen molar-refractivity contribution in [1.29, 1.82) is 0 Å². The summed E-state index contributed by atoms with van der Waals surface area (Å²) >= 11 is 1.55. The van der Waals surface area contributed by atoms with Gasteiger partial charge in [0.2, 0.25) is 5.16 Å². The molecule has 3 rings (SSSR count). The summed E-state index contributed by atoms with van der Waals surface area (Å²) in [5, 5.41) is 17.2. The highest BCUT2D eigenvalue weighted by Crippen LogP contribution is 2.38. The van der Waals surface area contributed by atoms with Crippen molar-refractivity contribution >= 4 is 11.8 Å². The highest BCUT2D eigenvalue weighted by atomic mass is 32.2. The lowest BCUT2D eigenvalue weighted by atomic mass is 10.1. The summed E-state index contributed by atoms with van der Waals surface area (Å²) in [4.78, 5) is 4.49. The predicted octanol–water partition coefficient (Wildman–Crippen LogP) is 2.22. The zero-order chi connectivity index (χ0) is 13.9. The Morgan fingerprint density at radius 1 is 1.50 bits per heavy atom. The van der Waals surface area contributed by atoms with E-state index in [-0.39, 0.29) is 6.04 Å². The van der Waals surface area contributed by atoms with Gasteiger partial charge in [0.25, 0.3) is 0 Å². The Labute approximate surface area is 122 Å². The second kappa shape index (κ2) is 5.88. The van der Waals surface area contributed by atoms with E-state index in [0.29, 0.717) is 6.04 Å². The Morgan fingerprint density at radius 3 is 3.10 bits per heavy atom. The van der Waals surface area contributed by atoms with E-state index in [2.05, 4.69) is 45.7 Å². The molecule has 106 valence electrons. The van der Waals surface area contributed by atoms with Gasteiger partial charge in [-0.15, -0.1) is 5.10 Å². The van der Waals surface area contributed by atoms with Crippen molar-refractivity contribution < 1.29 is 0 Å². The Balaban J connectivity index is 1.84. The third kappa shape index (κ3) is 2.83. The number of hydrogen-bond donors (Lipinski definition) is 1. The van der Waals surface area contributed by atoms with Crippen LogP contribution in [-0.4, -0.2) is 31.7 Å². The van der Waals surface area contributed by atoms with Gasteiger partial charge >= 0.3 is 0 Å². The Bertz CT molecular complexity index is 580. The molecule has 1 unspecified atom stereocenters. The SMILES string of the molecule is CCNC(C)c1cccnc1Sc1nnnn1C1CC1. The van der Waals surface area contributed by atoms with Crippen molar-refractivity contribution in [3.8, 4) is 0 Å². The number of hydrogen-bond acceptors (Lipinski definition) is 6. The molecule has 6 nitrogen and oxygen atoms in total. The minimum absolute atomic E-state index is 0.265. The lowest BCUT2D eigenvalue weighted by Gasteiger charge is -2.15. The van der Waals surface area contributed by atoms with Crippen LogP contribution < -0.4 is 5.32 Å². The molecule has 1 atom stereocenters. The van der Waals surface area contributed by atoms with Crippen molar-refractivity contribution in [3.05, 3.63) is 23.9 Å². The standard InChI is InChI=1S/C13H18N6S/c1-3-14-9(2)11-5-4-8-15-12(11)20-13-16-17-18-19(13)10-6-7-10/h4-5,8-10,14H,3,6-7H2,1-2H3. The monoisotopic (exact) mass is 290 g/mol. The molecule has 0 aliphatic heterocycles. The van der Waals surface area contributed by atoms with Crippen molar-refractivity contribution in [2.45, 2.75) is 49.0 Å². The molecule has 20 heavy (non-hydrogen) atoms. The molecule has 7 heteroatoms. The van der Waals surface area contributed by atoms with Crippen LogP contribution in [0.1, 0.15) is 44.3 Å². The first-order chi connectivity index (χ1) is 9.79. The van der Waals surface area contributed by atoms with Gasteiger partial charge in [-0.2, -0.15) is 0 Å². The van der Waals surface area contributed by atoms with Crippen molar-refractivity contribution in [3.63, 3.8) is 0 Å². The minimum atomic E-state index is 0.265. The zero-order valence-electron chi connectivity index (χ0n) is 11.7. The number of aromatic nitrogens is 5. The summed E-state index contributed by atoms with van der Waals surface area (Å²) in [6.07, 6.45) is 4.15. The molecule has 1 aliphatic carbocycles. The molecule has 1 aliphatic rings. The van der Waals surface area contributed by atoms with E-state index >= 15 is 0 Å². The van der Waals surface area contributed by atoms with Crippen molar-refractivity contribution in [2.75, 3.05) is 6.54 Å². The first-order valence-electron chi connectivity index (χ1n) is 6.93. The molecular formula is C13H18N6S. The number of pyridine rings is 1. The number of nitrogens with zero attached hydrogens (tertiary/aromatic N) is 5. The Hall–Kier alpha value is -1.47. The van der Waals surface area contributed by atoms with E-state index in [9.17, 15) is 0 Å². The maximum absolute atomic E-state index is 4.49. The van der Waals surface area contributed by atoms with Gasteiger partial charge in [-0.1, -0.05) is 13.0 Å². The van der Waals surface area contributed by atoms with Crippen LogP contribution in [0.15, 0.2) is 28.5 Å². The van der Waals surface area contributed by atoms with Gasteiger partial charge in [-0.25, -0.2) is 9.67 Å².